The van der Waals surface area contributed by atoms with Gasteiger partial charge < -0.3 is 5.73 Å². The summed E-state index contributed by atoms with van der Waals surface area (Å²) in [5.74, 6) is 5.79. The maximum atomic E-state index is 5.93. The number of nitrogens with two attached hydrogens (primary N) is 1. The first kappa shape index (κ1) is 9.98. The molecule has 92 valence electrons. The molecule has 0 saturated heterocycles. The minimum Gasteiger partial charge on any atom is -0.384 e. The Labute approximate surface area is 102 Å². The summed E-state index contributed by atoms with van der Waals surface area (Å²) in [6, 6.07) is 0. The van der Waals surface area contributed by atoms with Crippen LogP contribution < -0.4 is 5.73 Å². The van der Waals surface area contributed by atoms with Crippen LogP contribution in [0.4, 0.5) is 5.82 Å². The van der Waals surface area contributed by atoms with Crippen LogP contribution in [0.1, 0.15) is 37.7 Å². The van der Waals surface area contributed by atoms with Crippen LogP contribution in [0.5, 0.6) is 0 Å². The lowest BCUT2D eigenvalue weighted by Gasteiger charge is -2.54. The number of nitrogens with one attached hydrogen (secondary N) is 1. The number of aromatic amines is 1. The van der Waals surface area contributed by atoms with Crippen LogP contribution in [0, 0.1) is 29.6 Å². The fourth-order valence-corrected chi connectivity index (χ4v) is 5.11. The zero-order chi connectivity index (χ0) is 11.4. The van der Waals surface area contributed by atoms with Gasteiger partial charge in [0, 0.05) is 5.56 Å². The molecule has 17 heavy (non-hydrogen) atoms. The van der Waals surface area contributed by atoms with Gasteiger partial charge in [-0.1, -0.05) is 0 Å². The van der Waals surface area contributed by atoms with Gasteiger partial charge in [0.25, 0.3) is 0 Å². The third-order valence-electron chi connectivity index (χ3n) is 5.63. The van der Waals surface area contributed by atoms with E-state index in [2.05, 4.69) is 10.2 Å². The predicted molar refractivity (Wildman–Crippen MR) is 67.2 cm³/mol. The standard InChI is InChI=1S/C14H21N3/c15-14-12(7-16-17-14)6-13-10-2-8-1-9(4-10)5-11(13)3-8/h7-11,13H,1-6H2,(H3,15,16,17). The van der Waals surface area contributed by atoms with Gasteiger partial charge in [-0.3, -0.25) is 5.10 Å². The Morgan fingerprint density at radius 3 is 2.29 bits per heavy atom. The Kier molecular flexibility index (Phi) is 2.06. The molecule has 0 unspecified atom stereocenters. The number of nitrogens with zero attached hydrogens (tertiary/aromatic N) is 1. The Bertz CT molecular complexity index is 395. The molecule has 0 aliphatic heterocycles. The maximum absolute atomic E-state index is 5.93. The van der Waals surface area contributed by atoms with Gasteiger partial charge in [-0.15, -0.1) is 0 Å². The zero-order valence-electron chi connectivity index (χ0n) is 10.2. The van der Waals surface area contributed by atoms with Crippen LogP contribution in [0.15, 0.2) is 6.20 Å². The molecule has 4 fully saturated rings. The predicted octanol–water partition coefficient (Wildman–Crippen LogP) is 2.61. The molecule has 3 N–H and O–H groups in total. The van der Waals surface area contributed by atoms with Crippen molar-refractivity contribution in [3.05, 3.63) is 11.8 Å². The highest BCUT2D eigenvalue weighted by Crippen LogP contribution is 2.57. The van der Waals surface area contributed by atoms with Gasteiger partial charge in [-0.25, -0.2) is 0 Å². The van der Waals surface area contributed by atoms with Gasteiger partial charge in [0.2, 0.25) is 0 Å². The molecule has 3 nitrogen and oxygen atoms in total. The second-order valence-electron chi connectivity index (χ2n) is 6.61. The summed E-state index contributed by atoms with van der Waals surface area (Å²) in [6.07, 6.45) is 10.6. The fraction of sp³-hybridized carbons (Fsp3) is 0.786. The third kappa shape index (κ3) is 1.51. The molecule has 0 atom stereocenters. The number of rotatable bonds is 2. The smallest absolute Gasteiger partial charge is 0.122 e. The first-order valence-electron chi connectivity index (χ1n) is 7.07. The number of nitrogen functional groups attached to an aromatic ring is 1. The van der Waals surface area contributed by atoms with Crippen LogP contribution in [0.3, 0.4) is 0 Å². The second kappa shape index (κ2) is 3.50. The van der Waals surface area contributed by atoms with E-state index in [0.29, 0.717) is 0 Å². The highest BCUT2D eigenvalue weighted by Gasteiger charge is 2.47. The van der Waals surface area contributed by atoms with Crippen LogP contribution in [0.25, 0.3) is 0 Å². The maximum Gasteiger partial charge on any atom is 0.122 e. The number of anilines is 1. The van der Waals surface area contributed by atoms with Crippen molar-refractivity contribution >= 4 is 5.82 Å². The molecule has 4 aliphatic rings. The number of H-pyrrole nitrogens is 1. The lowest BCUT2D eigenvalue weighted by atomic mass is 9.51. The van der Waals surface area contributed by atoms with Crippen molar-refractivity contribution < 1.29 is 0 Å². The van der Waals surface area contributed by atoms with E-state index in [1.165, 1.54) is 37.7 Å². The topological polar surface area (TPSA) is 54.7 Å². The molecule has 4 bridgehead atoms. The van der Waals surface area contributed by atoms with Gasteiger partial charge in [0.15, 0.2) is 0 Å². The Hall–Kier alpha value is -0.990. The van der Waals surface area contributed by atoms with Crippen molar-refractivity contribution in [3.8, 4) is 0 Å². The first-order chi connectivity index (χ1) is 8.29. The number of hydrogen-bond donors (Lipinski definition) is 2. The average molecular weight is 231 g/mol. The summed E-state index contributed by atoms with van der Waals surface area (Å²) in [5, 5.41) is 6.92. The zero-order valence-corrected chi connectivity index (χ0v) is 10.2. The summed E-state index contributed by atoms with van der Waals surface area (Å²) >= 11 is 0. The summed E-state index contributed by atoms with van der Waals surface area (Å²) in [5.41, 5.74) is 7.18. The van der Waals surface area contributed by atoms with Crippen LogP contribution in [-0.4, -0.2) is 10.2 Å². The highest BCUT2D eigenvalue weighted by molar-refractivity contribution is 5.37. The minimum absolute atomic E-state index is 0.791. The van der Waals surface area contributed by atoms with E-state index in [9.17, 15) is 0 Å². The first-order valence-corrected chi connectivity index (χ1v) is 7.07. The number of aromatic nitrogens is 2. The Balaban J connectivity index is 1.57. The molecule has 4 aliphatic carbocycles. The summed E-state index contributed by atoms with van der Waals surface area (Å²) < 4.78 is 0. The van der Waals surface area contributed by atoms with Crippen molar-refractivity contribution in [1.82, 2.24) is 10.2 Å². The Morgan fingerprint density at radius 1 is 1.12 bits per heavy atom. The fourth-order valence-electron chi connectivity index (χ4n) is 5.11. The molecule has 3 heteroatoms. The normalized spacial score (nSPS) is 43.2. The van der Waals surface area contributed by atoms with Crippen molar-refractivity contribution in [2.24, 2.45) is 29.6 Å². The van der Waals surface area contributed by atoms with Crippen molar-refractivity contribution in [2.75, 3.05) is 5.73 Å². The Morgan fingerprint density at radius 2 is 1.76 bits per heavy atom. The van der Waals surface area contributed by atoms with Crippen molar-refractivity contribution in [2.45, 2.75) is 38.5 Å². The largest absolute Gasteiger partial charge is 0.384 e. The lowest BCUT2D eigenvalue weighted by Crippen LogP contribution is -2.45. The van der Waals surface area contributed by atoms with Crippen LogP contribution >= 0.6 is 0 Å². The molecular formula is C14H21N3. The molecular weight excluding hydrogens is 210 g/mol. The SMILES string of the molecule is Nc1[nH]ncc1CC1C2CC3CC(C2)CC1C3. The molecule has 1 aromatic rings. The molecule has 0 spiro atoms. The molecule has 5 rings (SSSR count). The van der Waals surface area contributed by atoms with E-state index in [-0.39, 0.29) is 0 Å². The van der Waals surface area contributed by atoms with Crippen LogP contribution in [-0.2, 0) is 6.42 Å². The summed E-state index contributed by atoms with van der Waals surface area (Å²) in [6.45, 7) is 0. The third-order valence-corrected chi connectivity index (χ3v) is 5.63. The molecule has 1 heterocycles. The van der Waals surface area contributed by atoms with Gasteiger partial charge in [0.1, 0.15) is 5.82 Å². The molecule has 0 aromatic carbocycles. The quantitative estimate of drug-likeness (QED) is 0.822. The van der Waals surface area contributed by atoms with Gasteiger partial charge in [-0.2, -0.15) is 5.10 Å². The van der Waals surface area contributed by atoms with E-state index in [0.717, 1.165) is 41.8 Å². The van der Waals surface area contributed by atoms with Gasteiger partial charge in [-0.05, 0) is 68.1 Å². The van der Waals surface area contributed by atoms with Crippen molar-refractivity contribution in [1.29, 1.82) is 0 Å². The molecule has 1 aromatic heterocycles. The van der Waals surface area contributed by atoms with E-state index >= 15 is 0 Å². The highest BCUT2D eigenvalue weighted by atomic mass is 15.1. The molecule has 4 saturated carbocycles. The van der Waals surface area contributed by atoms with E-state index in [4.69, 9.17) is 5.73 Å². The molecule has 0 radical (unpaired) electrons. The van der Waals surface area contributed by atoms with Gasteiger partial charge in [0.05, 0.1) is 6.20 Å². The minimum atomic E-state index is 0.791. The lowest BCUT2D eigenvalue weighted by molar-refractivity contribution is -0.0359. The van der Waals surface area contributed by atoms with E-state index < -0.39 is 0 Å². The summed E-state index contributed by atoms with van der Waals surface area (Å²) in [4.78, 5) is 0. The van der Waals surface area contributed by atoms with E-state index in [1.54, 1.807) is 0 Å². The molecule has 0 amide bonds. The number of hydrogen-bond acceptors (Lipinski definition) is 2. The van der Waals surface area contributed by atoms with E-state index in [1.807, 2.05) is 6.20 Å². The van der Waals surface area contributed by atoms with Gasteiger partial charge >= 0.3 is 0 Å². The second-order valence-corrected chi connectivity index (χ2v) is 6.61. The van der Waals surface area contributed by atoms with Crippen molar-refractivity contribution in [3.63, 3.8) is 0 Å². The van der Waals surface area contributed by atoms with Crippen LogP contribution in [0.2, 0.25) is 0 Å². The summed E-state index contributed by atoms with van der Waals surface area (Å²) in [7, 11) is 0. The average Bonchev–Trinajstić information content (AvgIpc) is 2.68. The monoisotopic (exact) mass is 231 g/mol.